The molecule has 2 aromatic rings. The number of ether oxygens (including phenoxy) is 1. The first-order valence-electron chi connectivity index (χ1n) is 8.34. The van der Waals surface area contributed by atoms with Gasteiger partial charge in [0.25, 0.3) is 5.91 Å². The predicted octanol–water partition coefficient (Wildman–Crippen LogP) is 3.56. The summed E-state index contributed by atoms with van der Waals surface area (Å²) in [7, 11) is 1.28. The van der Waals surface area contributed by atoms with Crippen molar-refractivity contribution in [3.63, 3.8) is 0 Å². The van der Waals surface area contributed by atoms with Crippen molar-refractivity contribution in [3.05, 3.63) is 71.8 Å². The molecule has 0 radical (unpaired) electrons. The van der Waals surface area contributed by atoms with Crippen molar-refractivity contribution < 1.29 is 19.1 Å². The molecule has 5 nitrogen and oxygen atoms in total. The lowest BCUT2D eigenvalue weighted by atomic mass is 10.1. The number of esters is 1. The van der Waals surface area contributed by atoms with Crippen molar-refractivity contribution in [2.45, 2.75) is 6.92 Å². The smallest absolute Gasteiger partial charge is 0.325 e. The lowest BCUT2D eigenvalue weighted by Gasteiger charge is -2.23. The van der Waals surface area contributed by atoms with E-state index in [0.29, 0.717) is 11.3 Å². The lowest BCUT2D eigenvalue weighted by Crippen LogP contribution is -2.37. The van der Waals surface area contributed by atoms with Gasteiger partial charge in [0.15, 0.2) is 5.12 Å². The van der Waals surface area contributed by atoms with E-state index in [2.05, 4.69) is 0 Å². The minimum atomic E-state index is -0.523. The summed E-state index contributed by atoms with van der Waals surface area (Å²) in [5, 5.41) is -0.0824. The fourth-order valence-corrected chi connectivity index (χ4v) is 2.92. The Labute approximate surface area is 163 Å². The zero-order chi connectivity index (χ0) is 19.6. The first-order chi connectivity index (χ1) is 13.0. The van der Waals surface area contributed by atoms with E-state index in [4.69, 9.17) is 4.74 Å². The normalized spacial score (nSPS) is 11.0. The van der Waals surface area contributed by atoms with Gasteiger partial charge < -0.3 is 4.74 Å². The van der Waals surface area contributed by atoms with Gasteiger partial charge in [-0.2, -0.15) is 0 Å². The average Bonchev–Trinajstić information content (AvgIpc) is 2.69. The number of nitrogens with zero attached hydrogens (tertiary/aromatic N) is 1. The molecule has 6 heteroatoms. The van der Waals surface area contributed by atoms with Crippen molar-refractivity contribution in [3.8, 4) is 0 Å². The van der Waals surface area contributed by atoms with Crippen LogP contribution in [0.25, 0.3) is 6.08 Å². The highest BCUT2D eigenvalue weighted by atomic mass is 32.2. The number of benzene rings is 2. The molecule has 1 amide bonds. The van der Waals surface area contributed by atoms with E-state index in [1.807, 2.05) is 36.4 Å². The molecule has 0 atom stereocenters. The molecule has 140 valence electrons. The maximum Gasteiger partial charge on any atom is 0.325 e. The molecule has 0 saturated carbocycles. The molecule has 0 aliphatic rings. The third-order valence-electron chi connectivity index (χ3n) is 3.67. The SMILES string of the molecule is COC(=O)CN(C(=O)C(=Cc1ccccc1)CSC(C)=O)c1ccccc1. The fraction of sp³-hybridized carbons (Fsp3) is 0.190. The minimum absolute atomic E-state index is 0.0824. The van der Waals surface area contributed by atoms with E-state index in [1.165, 1.54) is 18.9 Å². The molecule has 27 heavy (non-hydrogen) atoms. The van der Waals surface area contributed by atoms with Crippen LogP contribution in [0.1, 0.15) is 12.5 Å². The predicted molar refractivity (Wildman–Crippen MR) is 108 cm³/mol. The van der Waals surface area contributed by atoms with Crippen molar-refractivity contribution >= 4 is 40.5 Å². The molecular formula is C21H21NO4S. The molecule has 0 fully saturated rings. The number of thioether (sulfide) groups is 1. The van der Waals surface area contributed by atoms with Crippen LogP contribution in [0.15, 0.2) is 66.2 Å². The van der Waals surface area contributed by atoms with Gasteiger partial charge in [0, 0.05) is 23.9 Å². The van der Waals surface area contributed by atoms with Crippen LogP contribution in [-0.2, 0) is 19.1 Å². The molecule has 0 aliphatic heterocycles. The van der Waals surface area contributed by atoms with Gasteiger partial charge >= 0.3 is 5.97 Å². The highest BCUT2D eigenvalue weighted by molar-refractivity contribution is 8.13. The first kappa shape index (κ1) is 20.5. The van der Waals surface area contributed by atoms with Crippen LogP contribution >= 0.6 is 11.8 Å². The number of hydrogen-bond acceptors (Lipinski definition) is 5. The summed E-state index contributed by atoms with van der Waals surface area (Å²) in [5.74, 6) is -0.650. The Morgan fingerprint density at radius 3 is 2.15 bits per heavy atom. The van der Waals surface area contributed by atoms with Gasteiger partial charge in [-0.3, -0.25) is 19.3 Å². The van der Waals surface area contributed by atoms with E-state index >= 15 is 0 Å². The topological polar surface area (TPSA) is 63.7 Å². The Morgan fingerprint density at radius 1 is 1.00 bits per heavy atom. The fourth-order valence-electron chi connectivity index (χ4n) is 2.35. The van der Waals surface area contributed by atoms with Crippen LogP contribution in [0.2, 0.25) is 0 Å². The number of para-hydroxylation sites is 1. The van der Waals surface area contributed by atoms with Crippen molar-refractivity contribution in [2.75, 3.05) is 24.3 Å². The summed E-state index contributed by atoms with van der Waals surface area (Å²) < 4.78 is 4.74. The maximum absolute atomic E-state index is 13.2. The Morgan fingerprint density at radius 2 is 1.59 bits per heavy atom. The van der Waals surface area contributed by atoms with Gasteiger partial charge in [0.2, 0.25) is 0 Å². The summed E-state index contributed by atoms with van der Waals surface area (Å²) >= 11 is 1.05. The molecule has 0 bridgehead atoms. The van der Waals surface area contributed by atoms with Gasteiger partial charge in [-0.1, -0.05) is 60.3 Å². The number of anilines is 1. The van der Waals surface area contributed by atoms with Crippen LogP contribution in [0.4, 0.5) is 5.69 Å². The molecule has 0 unspecified atom stereocenters. The number of carbonyl (C=O) groups excluding carboxylic acids is 3. The Kier molecular flexibility index (Phi) is 7.82. The Bertz CT molecular complexity index is 819. The van der Waals surface area contributed by atoms with Crippen LogP contribution in [0, 0.1) is 0 Å². The molecule has 0 N–H and O–H groups in total. The molecule has 0 spiro atoms. The Hall–Kier alpha value is -2.86. The number of amides is 1. The second-order valence-electron chi connectivity index (χ2n) is 5.66. The summed E-state index contributed by atoms with van der Waals surface area (Å²) in [5.41, 5.74) is 1.85. The van der Waals surface area contributed by atoms with E-state index in [0.717, 1.165) is 17.3 Å². The Balaban J connectivity index is 2.40. The molecular weight excluding hydrogens is 362 g/mol. The minimum Gasteiger partial charge on any atom is -0.468 e. The second-order valence-corrected chi connectivity index (χ2v) is 6.82. The monoisotopic (exact) mass is 383 g/mol. The average molecular weight is 383 g/mol. The van der Waals surface area contributed by atoms with Crippen LogP contribution in [0.5, 0.6) is 0 Å². The quantitative estimate of drug-likeness (QED) is 0.540. The van der Waals surface area contributed by atoms with Gasteiger partial charge in [-0.15, -0.1) is 0 Å². The number of carbonyl (C=O) groups is 3. The highest BCUT2D eigenvalue weighted by Gasteiger charge is 2.23. The van der Waals surface area contributed by atoms with Gasteiger partial charge in [0.05, 0.1) is 7.11 Å². The van der Waals surface area contributed by atoms with E-state index in [-0.39, 0.29) is 23.3 Å². The molecule has 2 aromatic carbocycles. The third-order valence-corrected chi connectivity index (χ3v) is 4.54. The molecule has 2 rings (SSSR count). The zero-order valence-corrected chi connectivity index (χ0v) is 16.1. The van der Waals surface area contributed by atoms with Crippen LogP contribution in [-0.4, -0.2) is 36.4 Å². The number of hydrogen-bond donors (Lipinski definition) is 0. The highest BCUT2D eigenvalue weighted by Crippen LogP contribution is 2.21. The van der Waals surface area contributed by atoms with E-state index in [9.17, 15) is 14.4 Å². The zero-order valence-electron chi connectivity index (χ0n) is 15.3. The van der Waals surface area contributed by atoms with Crippen LogP contribution < -0.4 is 4.90 Å². The summed E-state index contributed by atoms with van der Waals surface area (Å²) in [6.45, 7) is 1.24. The van der Waals surface area contributed by atoms with Crippen LogP contribution in [0.3, 0.4) is 0 Å². The molecule has 0 saturated heterocycles. The maximum atomic E-state index is 13.2. The van der Waals surface area contributed by atoms with E-state index in [1.54, 1.807) is 30.3 Å². The summed E-state index contributed by atoms with van der Waals surface area (Å²) in [6.07, 6.45) is 1.74. The van der Waals surface area contributed by atoms with Gasteiger partial charge in [-0.25, -0.2) is 0 Å². The largest absolute Gasteiger partial charge is 0.468 e. The van der Waals surface area contributed by atoms with E-state index < -0.39 is 5.97 Å². The number of methoxy groups -OCH3 is 1. The second kappa shape index (κ2) is 10.3. The van der Waals surface area contributed by atoms with Crippen molar-refractivity contribution in [1.82, 2.24) is 0 Å². The molecule has 0 heterocycles. The van der Waals surface area contributed by atoms with Crippen molar-refractivity contribution in [1.29, 1.82) is 0 Å². The van der Waals surface area contributed by atoms with Gasteiger partial charge in [0.1, 0.15) is 6.54 Å². The first-order valence-corrected chi connectivity index (χ1v) is 9.32. The standard InChI is InChI=1S/C21H21NO4S/c1-16(23)27-15-18(13-17-9-5-3-6-10-17)21(25)22(14-20(24)26-2)19-11-7-4-8-12-19/h3-13H,14-15H2,1-2H3. The summed E-state index contributed by atoms with van der Waals surface area (Å²) in [6, 6.07) is 18.3. The third kappa shape index (κ3) is 6.42. The lowest BCUT2D eigenvalue weighted by molar-refractivity contribution is -0.139. The molecule has 0 aromatic heterocycles. The molecule has 0 aliphatic carbocycles. The summed E-state index contributed by atoms with van der Waals surface area (Å²) in [4.78, 5) is 37.9. The van der Waals surface area contributed by atoms with Crippen molar-refractivity contribution in [2.24, 2.45) is 0 Å². The van der Waals surface area contributed by atoms with Gasteiger partial charge in [-0.05, 0) is 23.8 Å². The number of rotatable bonds is 7.